The Morgan fingerprint density at radius 3 is 1.21 bits per heavy atom. The van der Waals surface area contributed by atoms with Gasteiger partial charge in [-0.1, -0.05) is 155 Å². The second-order valence-electron chi connectivity index (χ2n) is 11.6. The van der Waals surface area contributed by atoms with Crippen LogP contribution in [0.15, 0.2) is 103 Å². The maximum absolute atomic E-state index is 2.43. The predicted molar refractivity (Wildman–Crippen MR) is 170 cm³/mol. The zero-order valence-corrected chi connectivity index (χ0v) is 24.8. The highest BCUT2D eigenvalue weighted by Crippen LogP contribution is 2.26. The molecule has 0 saturated carbocycles. The van der Waals surface area contributed by atoms with Crippen LogP contribution in [0.2, 0.25) is 0 Å². The van der Waals surface area contributed by atoms with Crippen molar-refractivity contribution in [1.29, 1.82) is 0 Å². The van der Waals surface area contributed by atoms with Crippen LogP contribution in [0.1, 0.15) is 107 Å². The van der Waals surface area contributed by atoms with Gasteiger partial charge in [-0.25, -0.2) is 0 Å². The third-order valence-electron chi connectivity index (χ3n) is 7.98. The highest BCUT2D eigenvalue weighted by atomic mass is 15.3. The minimum absolute atomic E-state index is 1.08. The van der Waals surface area contributed by atoms with E-state index in [-0.39, 0.29) is 0 Å². The van der Waals surface area contributed by atoms with Gasteiger partial charge >= 0.3 is 0 Å². The minimum atomic E-state index is 1.08. The fourth-order valence-corrected chi connectivity index (χ4v) is 5.83. The molecule has 39 heavy (non-hydrogen) atoms. The highest BCUT2D eigenvalue weighted by Gasteiger charge is 2.28. The Bertz CT molecular complexity index is 891. The quantitative estimate of drug-likeness (QED) is 0.0738. The lowest BCUT2D eigenvalue weighted by Gasteiger charge is -2.39. The van der Waals surface area contributed by atoms with E-state index in [0.29, 0.717) is 0 Å². The number of hydrogen-bond acceptors (Lipinski definition) is 0. The Morgan fingerprint density at radius 1 is 0.436 bits per heavy atom. The summed E-state index contributed by atoms with van der Waals surface area (Å²) in [5.74, 6) is 0. The molecule has 3 aromatic carbocycles. The van der Waals surface area contributed by atoms with Gasteiger partial charge in [0, 0.05) is 16.7 Å². The van der Waals surface area contributed by atoms with Gasteiger partial charge in [-0.15, -0.1) is 0 Å². The predicted octanol–water partition coefficient (Wildman–Crippen LogP) is 11.1. The van der Waals surface area contributed by atoms with Crippen molar-refractivity contribution in [3.8, 4) is 0 Å². The number of allylic oxidation sites excluding steroid dienone is 2. The largest absolute Gasteiger partial charge is 0.312 e. The summed E-state index contributed by atoms with van der Waals surface area (Å²) in [7, 11) is 0. The molecule has 0 amide bonds. The molecule has 1 nitrogen and oxygen atoms in total. The monoisotopic (exact) mass is 524 g/mol. The molecular weight excluding hydrogens is 470 g/mol. The second-order valence-corrected chi connectivity index (χ2v) is 11.6. The maximum Gasteiger partial charge on any atom is 0.105 e. The van der Waals surface area contributed by atoms with Crippen LogP contribution in [0.3, 0.4) is 0 Å². The van der Waals surface area contributed by atoms with Crippen LogP contribution < -0.4 is 0 Å². The number of unbranched alkanes of at least 4 members (excludes halogenated alkanes) is 11. The molecule has 0 radical (unpaired) electrons. The molecule has 0 aliphatic rings. The first-order valence-corrected chi connectivity index (χ1v) is 15.9. The highest BCUT2D eigenvalue weighted by molar-refractivity contribution is 5.17. The number of nitrogens with zero attached hydrogens (tertiary/aromatic N) is 1. The van der Waals surface area contributed by atoms with E-state index in [1.807, 2.05) is 0 Å². The molecule has 3 aromatic rings. The zero-order chi connectivity index (χ0) is 27.3. The van der Waals surface area contributed by atoms with E-state index < -0.39 is 0 Å². The Balaban J connectivity index is 1.48. The van der Waals surface area contributed by atoms with Crippen molar-refractivity contribution in [2.45, 2.75) is 110 Å². The van der Waals surface area contributed by atoms with E-state index >= 15 is 0 Å². The Kier molecular flexibility index (Phi) is 15.4. The van der Waals surface area contributed by atoms with E-state index in [4.69, 9.17) is 0 Å². The standard InChI is InChI=1S/C38H54N/c1-2-3-4-5-6-7-8-9-10-11-12-13-14-15-25-32-39(33-36-26-19-16-20-27-36,34-37-28-21-17-22-29-37)35-38-30-23-18-24-31-38/h8-9,16-24,26-31H,2-7,10-15,25,32-35H2,1H3/q+1/b9-8+. The van der Waals surface area contributed by atoms with Gasteiger partial charge in [-0.3, -0.25) is 0 Å². The molecule has 0 aliphatic carbocycles. The summed E-state index contributed by atoms with van der Waals surface area (Å²) in [5, 5.41) is 0. The number of benzene rings is 3. The number of rotatable bonds is 21. The van der Waals surface area contributed by atoms with E-state index in [0.717, 1.165) is 24.1 Å². The summed E-state index contributed by atoms with van der Waals surface area (Å²) < 4.78 is 1.08. The van der Waals surface area contributed by atoms with Crippen molar-refractivity contribution in [3.63, 3.8) is 0 Å². The van der Waals surface area contributed by atoms with Gasteiger partial charge in [0.2, 0.25) is 0 Å². The van der Waals surface area contributed by atoms with Crippen molar-refractivity contribution in [3.05, 3.63) is 120 Å². The van der Waals surface area contributed by atoms with Crippen LogP contribution in [-0.4, -0.2) is 11.0 Å². The molecule has 0 N–H and O–H groups in total. The van der Waals surface area contributed by atoms with Crippen LogP contribution in [-0.2, 0) is 19.6 Å². The zero-order valence-electron chi connectivity index (χ0n) is 24.8. The Hall–Kier alpha value is -2.64. The molecule has 0 unspecified atom stereocenters. The van der Waals surface area contributed by atoms with Crippen molar-refractivity contribution >= 4 is 0 Å². The molecular formula is C38H54N+. The molecule has 0 bridgehead atoms. The maximum atomic E-state index is 2.43. The number of hydrogen-bond donors (Lipinski definition) is 0. The second kappa shape index (κ2) is 19.4. The fourth-order valence-electron chi connectivity index (χ4n) is 5.83. The van der Waals surface area contributed by atoms with Gasteiger partial charge in [0.15, 0.2) is 0 Å². The van der Waals surface area contributed by atoms with Crippen LogP contribution >= 0.6 is 0 Å². The van der Waals surface area contributed by atoms with E-state index in [1.165, 1.54) is 107 Å². The summed E-state index contributed by atoms with van der Waals surface area (Å²) in [5.41, 5.74) is 4.33. The van der Waals surface area contributed by atoms with E-state index in [1.54, 1.807) is 0 Å². The SMILES string of the molecule is CCCCCCC/C=C/CCCCCCCC[N+](Cc1ccccc1)(Cc1ccccc1)Cc1ccccc1. The molecule has 0 aliphatic heterocycles. The molecule has 1 heteroatoms. The summed E-state index contributed by atoms with van der Waals surface area (Å²) in [6.07, 6.45) is 22.4. The van der Waals surface area contributed by atoms with Gasteiger partial charge < -0.3 is 4.48 Å². The van der Waals surface area contributed by atoms with Gasteiger partial charge in [-0.2, -0.15) is 0 Å². The lowest BCUT2D eigenvalue weighted by molar-refractivity contribution is -0.966. The van der Waals surface area contributed by atoms with Gasteiger partial charge in [0.25, 0.3) is 0 Å². The summed E-state index contributed by atoms with van der Waals surface area (Å²) in [6.45, 7) is 6.75. The van der Waals surface area contributed by atoms with Crippen molar-refractivity contribution < 1.29 is 4.48 Å². The van der Waals surface area contributed by atoms with Crippen LogP contribution in [0.5, 0.6) is 0 Å². The van der Waals surface area contributed by atoms with Gasteiger partial charge in [0.1, 0.15) is 19.6 Å². The van der Waals surface area contributed by atoms with E-state index in [2.05, 4.69) is 110 Å². The molecule has 0 aromatic heterocycles. The Labute approximate surface area is 240 Å². The van der Waals surface area contributed by atoms with Crippen LogP contribution in [0, 0.1) is 0 Å². The van der Waals surface area contributed by atoms with Gasteiger partial charge in [-0.05, 0) is 38.5 Å². The lowest BCUT2D eigenvalue weighted by Crippen LogP contribution is -2.46. The van der Waals surface area contributed by atoms with E-state index in [9.17, 15) is 0 Å². The average Bonchev–Trinajstić information content (AvgIpc) is 2.97. The summed E-state index contributed by atoms with van der Waals surface area (Å²) >= 11 is 0. The first-order chi connectivity index (χ1) is 19.3. The lowest BCUT2D eigenvalue weighted by atomic mass is 10.0. The fraction of sp³-hybridized carbons (Fsp3) is 0.474. The minimum Gasteiger partial charge on any atom is -0.312 e. The molecule has 0 spiro atoms. The molecule has 0 atom stereocenters. The molecule has 210 valence electrons. The van der Waals surface area contributed by atoms with Crippen LogP contribution in [0.4, 0.5) is 0 Å². The molecule has 0 heterocycles. The third kappa shape index (κ3) is 13.3. The molecule has 0 fully saturated rings. The van der Waals surface area contributed by atoms with Crippen molar-refractivity contribution in [2.75, 3.05) is 6.54 Å². The summed E-state index contributed by atoms with van der Waals surface area (Å²) in [6, 6.07) is 33.4. The molecule has 0 saturated heterocycles. The van der Waals surface area contributed by atoms with Gasteiger partial charge in [0.05, 0.1) is 6.54 Å². The molecule has 3 rings (SSSR count). The first-order valence-electron chi connectivity index (χ1n) is 15.9. The normalized spacial score (nSPS) is 11.8. The van der Waals surface area contributed by atoms with Crippen LogP contribution in [0.25, 0.3) is 0 Å². The van der Waals surface area contributed by atoms with Crippen molar-refractivity contribution in [1.82, 2.24) is 0 Å². The number of quaternary nitrogens is 1. The smallest absolute Gasteiger partial charge is 0.105 e. The average molecular weight is 525 g/mol. The Morgan fingerprint density at radius 2 is 0.795 bits per heavy atom. The van der Waals surface area contributed by atoms with Crippen molar-refractivity contribution in [2.24, 2.45) is 0 Å². The first kappa shape index (κ1) is 30.9. The third-order valence-corrected chi connectivity index (χ3v) is 7.98. The topological polar surface area (TPSA) is 0 Å². The summed E-state index contributed by atoms with van der Waals surface area (Å²) in [4.78, 5) is 0.